The summed E-state index contributed by atoms with van der Waals surface area (Å²) in [4.78, 5) is 4.27. The maximum absolute atomic E-state index is 6.03. The Morgan fingerprint density at radius 2 is 2.36 bits per heavy atom. The highest BCUT2D eigenvalue weighted by molar-refractivity contribution is 9.10. The number of ether oxygens (including phenoxy) is 1. The van der Waals surface area contributed by atoms with Gasteiger partial charge in [0.05, 0.1) is 0 Å². The van der Waals surface area contributed by atoms with Crippen LogP contribution < -0.4 is 0 Å². The lowest BCUT2D eigenvalue weighted by atomic mass is 10.3. The first-order chi connectivity index (χ1) is 6.72. The van der Waals surface area contributed by atoms with Gasteiger partial charge in [-0.25, -0.2) is 4.98 Å². The lowest BCUT2D eigenvalue weighted by Crippen LogP contribution is -2.00. The molecule has 0 saturated carbocycles. The normalized spacial score (nSPS) is 11.1. The Kier molecular flexibility index (Phi) is 2.76. The van der Waals surface area contributed by atoms with Crippen LogP contribution in [-0.4, -0.2) is 16.7 Å². The van der Waals surface area contributed by atoms with Crippen molar-refractivity contribution in [3.8, 4) is 0 Å². The zero-order chi connectivity index (χ0) is 10.1. The number of fused-ring (bicyclic) bond motifs is 1. The van der Waals surface area contributed by atoms with Gasteiger partial charge in [-0.1, -0.05) is 11.6 Å². The van der Waals surface area contributed by atoms with Gasteiger partial charge in [-0.15, -0.1) is 0 Å². The molecule has 0 N–H and O–H groups in total. The van der Waals surface area contributed by atoms with E-state index in [0.29, 0.717) is 11.9 Å². The van der Waals surface area contributed by atoms with Crippen LogP contribution >= 0.6 is 27.5 Å². The molecule has 0 aliphatic carbocycles. The van der Waals surface area contributed by atoms with E-state index in [1.165, 1.54) is 0 Å². The van der Waals surface area contributed by atoms with Gasteiger partial charge in [0, 0.05) is 23.2 Å². The third kappa shape index (κ3) is 1.65. The van der Waals surface area contributed by atoms with Gasteiger partial charge in [-0.3, -0.25) is 4.57 Å². The van der Waals surface area contributed by atoms with Gasteiger partial charge >= 0.3 is 0 Å². The first kappa shape index (κ1) is 9.96. The largest absolute Gasteiger partial charge is 0.364 e. The van der Waals surface area contributed by atoms with Crippen molar-refractivity contribution in [1.29, 1.82) is 0 Å². The van der Waals surface area contributed by atoms with Crippen LogP contribution in [0.3, 0.4) is 0 Å². The van der Waals surface area contributed by atoms with Gasteiger partial charge in [0.1, 0.15) is 17.5 Å². The Hall–Kier alpha value is -0.580. The maximum Gasteiger partial charge on any atom is 0.143 e. The number of methoxy groups -OCH3 is 1. The summed E-state index contributed by atoms with van der Waals surface area (Å²) in [7, 11) is 1.63. The average molecular weight is 276 g/mol. The lowest BCUT2D eigenvalue weighted by Gasteiger charge is -2.03. The maximum atomic E-state index is 6.03. The quantitative estimate of drug-likeness (QED) is 0.842. The van der Waals surface area contributed by atoms with E-state index in [2.05, 4.69) is 20.9 Å². The average Bonchev–Trinajstić information content (AvgIpc) is 2.43. The first-order valence-corrected chi connectivity index (χ1v) is 5.18. The van der Waals surface area contributed by atoms with Crippen LogP contribution in [0.1, 0.15) is 0 Å². The number of pyridine rings is 1. The Morgan fingerprint density at radius 1 is 1.57 bits per heavy atom. The smallest absolute Gasteiger partial charge is 0.143 e. The number of rotatable bonds is 2. The van der Waals surface area contributed by atoms with Crippen LogP contribution in [0.2, 0.25) is 5.15 Å². The summed E-state index contributed by atoms with van der Waals surface area (Å²) in [6.45, 7) is 0.414. The highest BCUT2D eigenvalue weighted by atomic mass is 79.9. The standard InChI is InChI=1S/C9H8BrClN2O/c1-14-5-13-8(11)3-6-2-7(10)4-12-9(6)13/h2-4H,5H2,1H3. The highest BCUT2D eigenvalue weighted by Gasteiger charge is 2.07. The van der Waals surface area contributed by atoms with E-state index in [1.807, 2.05) is 16.7 Å². The minimum atomic E-state index is 0.414. The number of nitrogens with zero attached hydrogens (tertiary/aromatic N) is 2. The molecule has 2 heterocycles. The molecule has 74 valence electrons. The molecule has 0 aliphatic heterocycles. The Morgan fingerprint density at radius 3 is 3.07 bits per heavy atom. The molecule has 0 unspecified atom stereocenters. The molecule has 2 rings (SSSR count). The molecule has 0 amide bonds. The zero-order valence-electron chi connectivity index (χ0n) is 7.50. The van der Waals surface area contributed by atoms with Crippen molar-refractivity contribution in [3.05, 3.63) is 28.0 Å². The van der Waals surface area contributed by atoms with Gasteiger partial charge in [-0.05, 0) is 28.1 Å². The summed E-state index contributed by atoms with van der Waals surface area (Å²) in [6, 6.07) is 3.84. The summed E-state index contributed by atoms with van der Waals surface area (Å²) >= 11 is 9.39. The van der Waals surface area contributed by atoms with Crippen LogP contribution in [0.5, 0.6) is 0 Å². The summed E-state index contributed by atoms with van der Waals surface area (Å²) in [5.41, 5.74) is 0.833. The van der Waals surface area contributed by atoms with Gasteiger partial charge in [0.15, 0.2) is 0 Å². The van der Waals surface area contributed by atoms with Crippen molar-refractivity contribution in [2.75, 3.05) is 7.11 Å². The van der Waals surface area contributed by atoms with E-state index >= 15 is 0 Å². The second-order valence-electron chi connectivity index (χ2n) is 2.88. The monoisotopic (exact) mass is 274 g/mol. The SMILES string of the molecule is COCn1c(Cl)cc2cc(Br)cnc21. The molecule has 0 fully saturated rings. The van der Waals surface area contributed by atoms with Crippen molar-refractivity contribution < 1.29 is 4.74 Å². The summed E-state index contributed by atoms with van der Waals surface area (Å²) in [5.74, 6) is 0. The zero-order valence-corrected chi connectivity index (χ0v) is 9.84. The fourth-order valence-electron chi connectivity index (χ4n) is 1.34. The van der Waals surface area contributed by atoms with E-state index in [-0.39, 0.29) is 0 Å². The van der Waals surface area contributed by atoms with Crippen LogP contribution in [0.15, 0.2) is 22.8 Å². The molecule has 14 heavy (non-hydrogen) atoms. The van der Waals surface area contributed by atoms with E-state index in [9.17, 15) is 0 Å². The molecule has 2 aromatic rings. The van der Waals surface area contributed by atoms with Crippen LogP contribution in [0.25, 0.3) is 11.0 Å². The van der Waals surface area contributed by atoms with E-state index in [4.69, 9.17) is 16.3 Å². The summed E-state index contributed by atoms with van der Waals surface area (Å²) in [6.07, 6.45) is 1.74. The van der Waals surface area contributed by atoms with Gasteiger partial charge < -0.3 is 4.74 Å². The number of hydrogen-bond donors (Lipinski definition) is 0. The van der Waals surface area contributed by atoms with E-state index in [1.54, 1.807) is 13.3 Å². The lowest BCUT2D eigenvalue weighted by molar-refractivity contribution is 0.134. The molecule has 3 nitrogen and oxygen atoms in total. The fourth-order valence-corrected chi connectivity index (χ4v) is 1.93. The predicted molar refractivity (Wildman–Crippen MR) is 59.5 cm³/mol. The van der Waals surface area contributed by atoms with Crippen LogP contribution in [0, 0.1) is 0 Å². The van der Waals surface area contributed by atoms with Crippen molar-refractivity contribution in [2.45, 2.75) is 6.73 Å². The predicted octanol–water partition coefficient (Wildman–Crippen LogP) is 3.06. The van der Waals surface area contributed by atoms with E-state index in [0.717, 1.165) is 15.5 Å². The first-order valence-electron chi connectivity index (χ1n) is 4.01. The third-order valence-electron chi connectivity index (χ3n) is 1.91. The minimum absolute atomic E-state index is 0.414. The van der Waals surface area contributed by atoms with Crippen molar-refractivity contribution in [3.63, 3.8) is 0 Å². The topological polar surface area (TPSA) is 27.1 Å². The molecule has 0 aliphatic rings. The number of hydrogen-bond acceptors (Lipinski definition) is 2. The van der Waals surface area contributed by atoms with Crippen molar-refractivity contribution in [2.24, 2.45) is 0 Å². The molecule has 0 spiro atoms. The van der Waals surface area contributed by atoms with E-state index < -0.39 is 0 Å². The van der Waals surface area contributed by atoms with Gasteiger partial charge in [0.25, 0.3) is 0 Å². The van der Waals surface area contributed by atoms with Gasteiger partial charge in [0.2, 0.25) is 0 Å². The second kappa shape index (κ2) is 3.88. The number of aromatic nitrogens is 2. The van der Waals surface area contributed by atoms with Crippen LogP contribution in [-0.2, 0) is 11.5 Å². The number of halogens is 2. The highest BCUT2D eigenvalue weighted by Crippen LogP contribution is 2.24. The molecule has 0 atom stereocenters. The molecule has 0 radical (unpaired) electrons. The van der Waals surface area contributed by atoms with Crippen molar-refractivity contribution >= 4 is 38.6 Å². The van der Waals surface area contributed by atoms with Gasteiger partial charge in [-0.2, -0.15) is 0 Å². The molecule has 0 saturated heterocycles. The Balaban J connectivity index is 2.64. The molecule has 2 aromatic heterocycles. The summed E-state index contributed by atoms with van der Waals surface area (Å²) in [5, 5.41) is 1.63. The van der Waals surface area contributed by atoms with Crippen molar-refractivity contribution in [1.82, 2.24) is 9.55 Å². The van der Waals surface area contributed by atoms with Crippen LogP contribution in [0.4, 0.5) is 0 Å². The molecule has 0 bridgehead atoms. The molecule has 0 aromatic carbocycles. The second-order valence-corrected chi connectivity index (χ2v) is 4.18. The third-order valence-corrected chi connectivity index (χ3v) is 2.65. The molecule has 5 heteroatoms. The summed E-state index contributed by atoms with van der Waals surface area (Å²) < 4.78 is 7.78. The fraction of sp³-hybridized carbons (Fsp3) is 0.222. The molecular weight excluding hydrogens is 267 g/mol. The minimum Gasteiger partial charge on any atom is -0.364 e. The Bertz CT molecular complexity index is 469. The molecular formula is C9H8BrClN2O. The Labute approximate surface area is 94.8 Å².